The maximum Gasteiger partial charge on any atom is 0.320 e. The predicted molar refractivity (Wildman–Crippen MR) is 125 cm³/mol. The van der Waals surface area contributed by atoms with Gasteiger partial charge in [-0.1, -0.05) is 35.9 Å². The maximum absolute atomic E-state index is 13.5. The van der Waals surface area contributed by atoms with E-state index in [1.807, 2.05) is 0 Å². The molecule has 178 valence electrons. The summed E-state index contributed by atoms with van der Waals surface area (Å²) in [6, 6.07) is 17.3. The normalized spacial score (nSPS) is 16.4. The summed E-state index contributed by atoms with van der Waals surface area (Å²) < 4.78 is 47.6. The third-order valence-electron chi connectivity index (χ3n) is 5.67. The summed E-state index contributed by atoms with van der Waals surface area (Å²) in [5.74, 6) is -1.08. The molecule has 1 saturated heterocycles. The minimum absolute atomic E-state index is 0.00210. The summed E-state index contributed by atoms with van der Waals surface area (Å²) in [4.78, 5) is 11.1. The smallest absolute Gasteiger partial charge is 0.320 e. The Morgan fingerprint density at radius 2 is 1.76 bits per heavy atom. The van der Waals surface area contributed by atoms with E-state index in [1.165, 1.54) is 28.6 Å². The molecule has 1 atom stereocenters. The zero-order valence-corrected chi connectivity index (χ0v) is 19.5. The van der Waals surface area contributed by atoms with Crippen LogP contribution in [0.2, 0.25) is 5.02 Å². The summed E-state index contributed by atoms with van der Waals surface area (Å²) in [6.45, 7) is 0.00488. The molecule has 10 heteroatoms. The average molecular weight is 505 g/mol. The molecule has 1 fully saturated rings. The topological polar surface area (TPSA) is 110 Å². The molecule has 34 heavy (non-hydrogen) atoms. The number of hydrogen-bond donors (Lipinski definition) is 2. The molecule has 1 aliphatic rings. The lowest BCUT2D eigenvalue weighted by Gasteiger charge is -2.48. The quantitative estimate of drug-likeness (QED) is 0.486. The van der Waals surface area contributed by atoms with Gasteiger partial charge in [0, 0.05) is 5.02 Å². The van der Waals surface area contributed by atoms with Crippen LogP contribution < -0.4 is 10.5 Å². The molecule has 0 amide bonds. The zero-order chi connectivity index (χ0) is 24.5. The molecule has 4 rings (SSSR count). The van der Waals surface area contributed by atoms with Crippen molar-refractivity contribution in [1.82, 2.24) is 4.31 Å². The van der Waals surface area contributed by atoms with Crippen molar-refractivity contribution in [3.8, 4) is 5.75 Å². The molecule has 0 aromatic heterocycles. The number of benzene rings is 3. The van der Waals surface area contributed by atoms with Crippen molar-refractivity contribution in [3.05, 3.63) is 94.8 Å². The molecule has 3 aromatic carbocycles. The van der Waals surface area contributed by atoms with E-state index in [-0.39, 0.29) is 24.4 Å². The standard InChI is InChI=1S/C24H22ClFN2O5S/c25-18-6-10-20(11-7-18)33-24(17-4-8-19(26)9-5-17)14-28(15-24)34(31,32)21-3-1-2-16(12-21)13-22(27)23(29)30/h1-12,22H,13-15,27H2,(H,29,30)/t22-/m0/s1. The van der Waals surface area contributed by atoms with Crippen LogP contribution in [-0.2, 0) is 26.8 Å². The predicted octanol–water partition coefficient (Wildman–Crippen LogP) is 3.41. The number of carbonyl (C=O) groups is 1. The Kier molecular flexibility index (Phi) is 6.64. The number of nitrogens with two attached hydrogens (primary N) is 1. The second-order valence-electron chi connectivity index (χ2n) is 8.13. The SMILES string of the molecule is N[C@@H](Cc1cccc(S(=O)(=O)N2CC(Oc3ccc(Cl)cc3)(c3ccc(F)cc3)C2)c1)C(=O)O. The van der Waals surface area contributed by atoms with Crippen molar-refractivity contribution in [3.63, 3.8) is 0 Å². The molecule has 7 nitrogen and oxygen atoms in total. The molecule has 0 spiro atoms. The molecule has 3 N–H and O–H groups in total. The van der Waals surface area contributed by atoms with Gasteiger partial charge in [0.2, 0.25) is 10.0 Å². The molecule has 0 aliphatic carbocycles. The van der Waals surface area contributed by atoms with Gasteiger partial charge in [-0.2, -0.15) is 4.31 Å². The van der Waals surface area contributed by atoms with E-state index in [4.69, 9.17) is 27.2 Å². The van der Waals surface area contributed by atoms with Crippen molar-refractivity contribution >= 4 is 27.6 Å². The van der Waals surface area contributed by atoms with Gasteiger partial charge in [-0.3, -0.25) is 4.79 Å². The number of aliphatic carboxylic acids is 1. The first kappa shape index (κ1) is 24.2. The third kappa shape index (κ3) is 4.92. The first-order chi connectivity index (χ1) is 16.1. The van der Waals surface area contributed by atoms with Gasteiger partial charge in [0.25, 0.3) is 0 Å². The lowest BCUT2D eigenvalue weighted by atomic mass is 9.87. The van der Waals surface area contributed by atoms with E-state index in [2.05, 4.69) is 0 Å². The van der Waals surface area contributed by atoms with Crippen molar-refractivity contribution in [1.29, 1.82) is 0 Å². The average Bonchev–Trinajstić information content (AvgIpc) is 2.78. The summed E-state index contributed by atoms with van der Waals surface area (Å²) in [6.07, 6.45) is -0.00210. The number of halogens is 2. The number of sulfonamides is 1. The van der Waals surface area contributed by atoms with Crippen LogP contribution in [0.1, 0.15) is 11.1 Å². The maximum atomic E-state index is 13.5. The fraction of sp³-hybridized carbons (Fsp3) is 0.208. The van der Waals surface area contributed by atoms with Crippen molar-refractivity contribution < 1.29 is 27.4 Å². The molecular formula is C24H22ClFN2O5S. The van der Waals surface area contributed by atoms with Crippen molar-refractivity contribution in [2.45, 2.75) is 23.0 Å². The van der Waals surface area contributed by atoms with Gasteiger partial charge in [-0.25, -0.2) is 12.8 Å². The Bertz CT molecular complexity index is 1290. The van der Waals surface area contributed by atoms with Gasteiger partial charge < -0.3 is 15.6 Å². The fourth-order valence-electron chi connectivity index (χ4n) is 3.80. The molecule has 0 radical (unpaired) electrons. The van der Waals surface area contributed by atoms with Crippen LogP contribution in [-0.4, -0.2) is 42.9 Å². The molecule has 1 aliphatic heterocycles. The number of nitrogens with zero attached hydrogens (tertiary/aromatic N) is 1. The first-order valence-electron chi connectivity index (χ1n) is 10.4. The monoisotopic (exact) mass is 504 g/mol. The van der Waals surface area contributed by atoms with Crippen molar-refractivity contribution in [2.24, 2.45) is 5.73 Å². The van der Waals surface area contributed by atoms with Gasteiger partial charge in [0.05, 0.1) is 18.0 Å². The van der Waals surface area contributed by atoms with E-state index in [1.54, 1.807) is 48.5 Å². The van der Waals surface area contributed by atoms with Gasteiger partial charge in [-0.15, -0.1) is 0 Å². The Balaban J connectivity index is 1.60. The molecule has 0 saturated carbocycles. The highest BCUT2D eigenvalue weighted by Gasteiger charge is 2.52. The Labute approximate surface area is 201 Å². The Morgan fingerprint density at radius 3 is 2.38 bits per heavy atom. The first-order valence-corrected chi connectivity index (χ1v) is 12.2. The molecule has 0 unspecified atom stereocenters. The highest BCUT2D eigenvalue weighted by molar-refractivity contribution is 7.89. The Morgan fingerprint density at radius 1 is 1.12 bits per heavy atom. The van der Waals surface area contributed by atoms with Crippen LogP contribution in [0.25, 0.3) is 0 Å². The van der Waals surface area contributed by atoms with Crippen LogP contribution >= 0.6 is 11.6 Å². The van der Waals surface area contributed by atoms with Crippen molar-refractivity contribution in [2.75, 3.05) is 13.1 Å². The lowest BCUT2D eigenvalue weighted by molar-refractivity contribution is -0.138. The number of carboxylic acids is 1. The minimum Gasteiger partial charge on any atom is -0.480 e. The van der Waals surface area contributed by atoms with Crippen LogP contribution in [0.15, 0.2) is 77.7 Å². The second-order valence-corrected chi connectivity index (χ2v) is 10.5. The number of ether oxygens (including phenoxy) is 1. The van der Waals surface area contributed by atoms with E-state index < -0.39 is 33.5 Å². The van der Waals surface area contributed by atoms with Gasteiger partial charge >= 0.3 is 5.97 Å². The minimum atomic E-state index is -3.90. The highest BCUT2D eigenvalue weighted by Crippen LogP contribution is 2.40. The molecular weight excluding hydrogens is 483 g/mol. The van der Waals surface area contributed by atoms with Gasteiger partial charge in [-0.05, 0) is 66.1 Å². The van der Waals surface area contributed by atoms with Gasteiger partial charge in [0.1, 0.15) is 17.6 Å². The largest absolute Gasteiger partial charge is 0.480 e. The van der Waals surface area contributed by atoms with E-state index in [9.17, 15) is 17.6 Å². The summed E-state index contributed by atoms with van der Waals surface area (Å²) >= 11 is 5.95. The Hall–Kier alpha value is -2.98. The summed E-state index contributed by atoms with van der Waals surface area (Å²) in [7, 11) is -3.90. The van der Waals surface area contributed by atoms with E-state index >= 15 is 0 Å². The van der Waals surface area contributed by atoms with Crippen LogP contribution in [0.4, 0.5) is 4.39 Å². The molecule has 1 heterocycles. The third-order valence-corrected chi connectivity index (χ3v) is 7.71. The summed E-state index contributed by atoms with van der Waals surface area (Å²) in [5, 5.41) is 9.56. The van der Waals surface area contributed by atoms with E-state index in [0.29, 0.717) is 21.9 Å². The molecule has 3 aromatic rings. The van der Waals surface area contributed by atoms with Gasteiger partial charge in [0.15, 0.2) is 5.60 Å². The second kappa shape index (κ2) is 9.34. The summed E-state index contributed by atoms with van der Waals surface area (Å²) in [5.41, 5.74) is 5.71. The highest BCUT2D eigenvalue weighted by atomic mass is 35.5. The number of rotatable bonds is 8. The number of carboxylic acid groups (broad SMARTS) is 1. The zero-order valence-electron chi connectivity index (χ0n) is 17.9. The van der Waals surface area contributed by atoms with E-state index in [0.717, 1.165) is 0 Å². The fourth-order valence-corrected chi connectivity index (χ4v) is 5.54. The van der Waals surface area contributed by atoms with Crippen LogP contribution in [0.3, 0.4) is 0 Å². The molecule has 0 bridgehead atoms. The van der Waals surface area contributed by atoms with Crippen LogP contribution in [0, 0.1) is 5.82 Å². The number of hydrogen-bond acceptors (Lipinski definition) is 5. The van der Waals surface area contributed by atoms with Crippen LogP contribution in [0.5, 0.6) is 5.75 Å². The lowest BCUT2D eigenvalue weighted by Crippen LogP contribution is -2.64.